The zero-order valence-corrected chi connectivity index (χ0v) is 11.1. The minimum Gasteiger partial charge on any atom is -0.492 e. The Balaban J connectivity index is 2.44. The number of rotatable bonds is 6. The summed E-state index contributed by atoms with van der Waals surface area (Å²) >= 11 is 0. The van der Waals surface area contributed by atoms with Crippen molar-refractivity contribution in [3.8, 4) is 5.75 Å². The summed E-state index contributed by atoms with van der Waals surface area (Å²) in [5.74, 6) is 0.680. The van der Waals surface area contributed by atoms with E-state index in [4.69, 9.17) is 4.74 Å². The molecule has 98 valence electrons. The molecule has 0 atom stereocenters. The molecule has 0 fully saturated rings. The molecule has 1 rings (SSSR count). The van der Waals surface area contributed by atoms with Gasteiger partial charge in [-0.15, -0.1) is 0 Å². The van der Waals surface area contributed by atoms with Crippen LogP contribution in [-0.2, 0) is 4.79 Å². The van der Waals surface area contributed by atoms with Gasteiger partial charge in [0.15, 0.2) is 0 Å². The first-order chi connectivity index (χ1) is 8.61. The second kappa shape index (κ2) is 7.50. The van der Waals surface area contributed by atoms with Crippen LogP contribution in [0.2, 0.25) is 0 Å². The summed E-state index contributed by atoms with van der Waals surface area (Å²) in [6, 6.07) is 7.35. The monoisotopic (exact) mass is 248 g/mol. The first kappa shape index (κ1) is 14.3. The lowest BCUT2D eigenvalue weighted by atomic mass is 10.3. The molecular weight excluding hydrogens is 228 g/mol. The fourth-order valence-electron chi connectivity index (χ4n) is 1.32. The SMILES string of the molecule is CC=CC(=O)Nc1ccc(OCCN(C)C)cc1. The molecule has 1 N–H and O–H groups in total. The van der Waals surface area contributed by atoms with Gasteiger partial charge in [-0.2, -0.15) is 0 Å². The van der Waals surface area contributed by atoms with Gasteiger partial charge in [0.05, 0.1) is 0 Å². The Kier molecular flexibility index (Phi) is 5.94. The number of hydrogen-bond donors (Lipinski definition) is 1. The Labute approximate surface area is 108 Å². The van der Waals surface area contributed by atoms with E-state index >= 15 is 0 Å². The molecule has 0 bridgehead atoms. The molecule has 18 heavy (non-hydrogen) atoms. The highest BCUT2D eigenvalue weighted by molar-refractivity contribution is 5.99. The van der Waals surface area contributed by atoms with Gasteiger partial charge in [0.25, 0.3) is 0 Å². The molecule has 4 heteroatoms. The maximum absolute atomic E-state index is 11.3. The molecule has 1 aromatic carbocycles. The number of benzene rings is 1. The summed E-state index contributed by atoms with van der Waals surface area (Å²) in [6.07, 6.45) is 3.19. The van der Waals surface area contributed by atoms with Crippen LogP contribution in [0.25, 0.3) is 0 Å². The zero-order chi connectivity index (χ0) is 13.4. The number of amides is 1. The van der Waals surface area contributed by atoms with E-state index in [1.54, 1.807) is 13.0 Å². The second-order valence-corrected chi connectivity index (χ2v) is 4.17. The lowest BCUT2D eigenvalue weighted by Crippen LogP contribution is -2.19. The van der Waals surface area contributed by atoms with Gasteiger partial charge >= 0.3 is 0 Å². The van der Waals surface area contributed by atoms with E-state index < -0.39 is 0 Å². The minimum atomic E-state index is -0.126. The van der Waals surface area contributed by atoms with Gasteiger partial charge in [0, 0.05) is 12.2 Å². The Bertz CT molecular complexity index is 397. The highest BCUT2D eigenvalue weighted by Crippen LogP contribution is 2.15. The summed E-state index contributed by atoms with van der Waals surface area (Å²) in [6.45, 7) is 3.33. The zero-order valence-electron chi connectivity index (χ0n) is 11.1. The quantitative estimate of drug-likeness (QED) is 0.784. The second-order valence-electron chi connectivity index (χ2n) is 4.17. The van der Waals surface area contributed by atoms with Gasteiger partial charge < -0.3 is 15.0 Å². The number of anilines is 1. The minimum absolute atomic E-state index is 0.126. The molecule has 1 aromatic rings. The van der Waals surface area contributed by atoms with Crippen LogP contribution in [-0.4, -0.2) is 38.1 Å². The van der Waals surface area contributed by atoms with E-state index in [0.29, 0.717) is 6.61 Å². The average molecular weight is 248 g/mol. The highest BCUT2D eigenvalue weighted by atomic mass is 16.5. The third-order valence-corrected chi connectivity index (χ3v) is 2.25. The fourth-order valence-corrected chi connectivity index (χ4v) is 1.32. The first-order valence-electron chi connectivity index (χ1n) is 5.93. The summed E-state index contributed by atoms with van der Waals surface area (Å²) < 4.78 is 5.56. The largest absolute Gasteiger partial charge is 0.492 e. The Morgan fingerprint density at radius 1 is 1.33 bits per heavy atom. The molecule has 0 spiro atoms. The lowest BCUT2D eigenvalue weighted by Gasteiger charge is -2.11. The van der Waals surface area contributed by atoms with E-state index in [9.17, 15) is 4.79 Å². The van der Waals surface area contributed by atoms with Gasteiger partial charge in [-0.1, -0.05) is 6.08 Å². The third kappa shape index (κ3) is 5.50. The Hall–Kier alpha value is -1.81. The number of nitrogens with one attached hydrogen (secondary N) is 1. The molecule has 0 saturated heterocycles. The van der Waals surface area contributed by atoms with Crippen molar-refractivity contribution in [2.24, 2.45) is 0 Å². The average Bonchev–Trinajstić information content (AvgIpc) is 2.31. The maximum Gasteiger partial charge on any atom is 0.248 e. The molecule has 0 aliphatic rings. The van der Waals surface area contributed by atoms with Gasteiger partial charge in [0.1, 0.15) is 12.4 Å². The number of ether oxygens (including phenoxy) is 1. The summed E-state index contributed by atoms with van der Waals surface area (Å²) in [4.78, 5) is 13.4. The number of nitrogens with zero attached hydrogens (tertiary/aromatic N) is 1. The molecule has 0 heterocycles. The standard InChI is InChI=1S/C14H20N2O2/c1-4-5-14(17)15-12-6-8-13(9-7-12)18-11-10-16(2)3/h4-9H,10-11H2,1-3H3,(H,15,17). The predicted molar refractivity (Wildman–Crippen MR) is 73.9 cm³/mol. The van der Waals surface area contributed by atoms with Crippen molar-refractivity contribution in [2.75, 3.05) is 32.6 Å². The van der Waals surface area contributed by atoms with Crippen molar-refractivity contribution in [3.05, 3.63) is 36.4 Å². The number of likely N-dealkylation sites (N-methyl/N-ethyl adjacent to an activating group) is 1. The van der Waals surface area contributed by atoms with Gasteiger partial charge in [0.2, 0.25) is 5.91 Å². The van der Waals surface area contributed by atoms with Gasteiger partial charge in [-0.25, -0.2) is 0 Å². The van der Waals surface area contributed by atoms with E-state index in [2.05, 4.69) is 10.2 Å². The number of carbonyl (C=O) groups excluding carboxylic acids is 1. The predicted octanol–water partition coefficient (Wildman–Crippen LogP) is 2.14. The van der Waals surface area contributed by atoms with Crippen LogP contribution >= 0.6 is 0 Å². The summed E-state index contributed by atoms with van der Waals surface area (Å²) in [5.41, 5.74) is 0.762. The molecule has 0 aliphatic heterocycles. The van der Waals surface area contributed by atoms with Crippen molar-refractivity contribution in [1.29, 1.82) is 0 Å². The topological polar surface area (TPSA) is 41.6 Å². The molecule has 0 saturated carbocycles. The van der Waals surface area contributed by atoms with Gasteiger partial charge in [-0.05, 0) is 51.4 Å². The normalized spacial score (nSPS) is 10.9. The van der Waals surface area contributed by atoms with Crippen molar-refractivity contribution < 1.29 is 9.53 Å². The van der Waals surface area contributed by atoms with Crippen LogP contribution < -0.4 is 10.1 Å². The molecule has 0 aliphatic carbocycles. The number of hydrogen-bond acceptors (Lipinski definition) is 3. The highest BCUT2D eigenvalue weighted by Gasteiger charge is 1.98. The third-order valence-electron chi connectivity index (χ3n) is 2.25. The van der Waals surface area contributed by atoms with E-state index in [0.717, 1.165) is 18.0 Å². The maximum atomic E-state index is 11.3. The van der Waals surface area contributed by atoms with E-state index in [-0.39, 0.29) is 5.91 Å². The summed E-state index contributed by atoms with van der Waals surface area (Å²) in [5, 5.41) is 2.75. The molecule has 0 radical (unpaired) electrons. The molecule has 4 nitrogen and oxygen atoms in total. The molecular formula is C14H20N2O2. The van der Waals surface area contributed by atoms with Crippen molar-refractivity contribution in [3.63, 3.8) is 0 Å². The van der Waals surface area contributed by atoms with Crippen LogP contribution in [0.5, 0.6) is 5.75 Å². The summed E-state index contributed by atoms with van der Waals surface area (Å²) in [7, 11) is 4.01. The lowest BCUT2D eigenvalue weighted by molar-refractivity contribution is -0.111. The molecule has 1 amide bonds. The van der Waals surface area contributed by atoms with Crippen molar-refractivity contribution >= 4 is 11.6 Å². The van der Waals surface area contributed by atoms with E-state index in [1.807, 2.05) is 38.4 Å². The molecule has 0 unspecified atom stereocenters. The first-order valence-corrected chi connectivity index (χ1v) is 5.93. The Morgan fingerprint density at radius 3 is 2.56 bits per heavy atom. The van der Waals surface area contributed by atoms with E-state index in [1.165, 1.54) is 6.08 Å². The molecule has 0 aromatic heterocycles. The van der Waals surface area contributed by atoms with Crippen molar-refractivity contribution in [1.82, 2.24) is 4.90 Å². The fraction of sp³-hybridized carbons (Fsp3) is 0.357. The van der Waals surface area contributed by atoms with Crippen LogP contribution in [0.3, 0.4) is 0 Å². The Morgan fingerprint density at radius 2 is 2.00 bits per heavy atom. The van der Waals surface area contributed by atoms with Crippen LogP contribution in [0.4, 0.5) is 5.69 Å². The van der Waals surface area contributed by atoms with Crippen molar-refractivity contribution in [2.45, 2.75) is 6.92 Å². The van der Waals surface area contributed by atoms with Crippen LogP contribution in [0.1, 0.15) is 6.92 Å². The number of carbonyl (C=O) groups is 1. The van der Waals surface area contributed by atoms with Crippen LogP contribution in [0, 0.1) is 0 Å². The number of allylic oxidation sites excluding steroid dienone is 1. The van der Waals surface area contributed by atoms with Gasteiger partial charge in [-0.3, -0.25) is 4.79 Å². The smallest absolute Gasteiger partial charge is 0.248 e. The van der Waals surface area contributed by atoms with Crippen LogP contribution in [0.15, 0.2) is 36.4 Å².